The predicted octanol–water partition coefficient (Wildman–Crippen LogP) is 5.77. The van der Waals surface area contributed by atoms with E-state index in [1.807, 2.05) is 50.2 Å². The van der Waals surface area contributed by atoms with E-state index in [-0.39, 0.29) is 0 Å². The topological polar surface area (TPSA) is 50.4 Å². The lowest BCUT2D eigenvalue weighted by Gasteiger charge is -2.14. The molecular weight excluding hydrogens is 388 g/mol. The van der Waals surface area contributed by atoms with Crippen LogP contribution < -0.4 is 10.6 Å². The molecule has 0 fully saturated rings. The maximum absolute atomic E-state index is 11.8. The Kier molecular flexibility index (Phi) is 5.46. The van der Waals surface area contributed by atoms with Crippen LogP contribution in [0, 0.1) is 13.8 Å². The first-order valence-electron chi connectivity index (χ1n) is 7.85. The minimum absolute atomic E-state index is 0.401. The number of fused-ring (bicyclic) bond motifs is 1. The number of thiophene rings is 1. The number of methoxy groups -OCH3 is 1. The number of benzene rings is 2. The number of carbonyl (C=O) groups is 1. The van der Waals surface area contributed by atoms with Gasteiger partial charge in [0.15, 0.2) is 5.11 Å². The first-order chi connectivity index (χ1) is 12.4. The van der Waals surface area contributed by atoms with Gasteiger partial charge in [0.25, 0.3) is 0 Å². The third-order valence-electron chi connectivity index (χ3n) is 3.98. The highest BCUT2D eigenvalue weighted by Gasteiger charge is 2.17. The Morgan fingerprint density at radius 1 is 1.15 bits per heavy atom. The molecule has 0 radical (unpaired) electrons. The van der Waals surface area contributed by atoms with Gasteiger partial charge < -0.3 is 15.4 Å². The van der Waals surface area contributed by atoms with Gasteiger partial charge in [-0.1, -0.05) is 29.8 Å². The van der Waals surface area contributed by atoms with Crippen molar-refractivity contribution in [1.29, 1.82) is 0 Å². The van der Waals surface area contributed by atoms with Crippen molar-refractivity contribution in [2.45, 2.75) is 13.8 Å². The second kappa shape index (κ2) is 7.61. The smallest absolute Gasteiger partial charge is 0.349 e. The molecule has 4 nitrogen and oxygen atoms in total. The van der Waals surface area contributed by atoms with Gasteiger partial charge in [0.2, 0.25) is 0 Å². The van der Waals surface area contributed by atoms with Crippen LogP contribution in [0.5, 0.6) is 0 Å². The van der Waals surface area contributed by atoms with Crippen molar-refractivity contribution >= 4 is 67.7 Å². The van der Waals surface area contributed by atoms with E-state index in [0.29, 0.717) is 15.0 Å². The van der Waals surface area contributed by atoms with E-state index in [0.717, 1.165) is 32.6 Å². The Balaban J connectivity index is 1.83. The molecular formula is C19H17ClN2O2S2. The van der Waals surface area contributed by atoms with Crippen LogP contribution in [0.2, 0.25) is 5.02 Å². The van der Waals surface area contributed by atoms with E-state index in [2.05, 4.69) is 10.6 Å². The van der Waals surface area contributed by atoms with Crippen molar-refractivity contribution in [3.05, 3.63) is 57.4 Å². The maximum Gasteiger partial charge on any atom is 0.349 e. The lowest BCUT2D eigenvalue weighted by molar-refractivity contribution is 0.0606. The number of ether oxygens (including phenoxy) is 1. The molecule has 0 saturated carbocycles. The summed E-state index contributed by atoms with van der Waals surface area (Å²) in [5, 5.41) is 8.15. The highest BCUT2D eigenvalue weighted by molar-refractivity contribution is 7.80. The predicted molar refractivity (Wildman–Crippen MR) is 114 cm³/mol. The molecule has 0 aliphatic carbocycles. The number of esters is 1. The highest BCUT2D eigenvalue weighted by Crippen LogP contribution is 2.37. The molecule has 0 saturated heterocycles. The number of hydrogen-bond acceptors (Lipinski definition) is 4. The monoisotopic (exact) mass is 404 g/mol. The van der Waals surface area contributed by atoms with Crippen molar-refractivity contribution in [3.63, 3.8) is 0 Å². The first kappa shape index (κ1) is 18.6. The third-order valence-corrected chi connectivity index (χ3v) is 5.82. The van der Waals surface area contributed by atoms with Gasteiger partial charge in [-0.25, -0.2) is 4.79 Å². The largest absolute Gasteiger partial charge is 0.465 e. The van der Waals surface area contributed by atoms with Gasteiger partial charge in [0.05, 0.1) is 12.1 Å². The summed E-state index contributed by atoms with van der Waals surface area (Å²) in [6.45, 7) is 4.07. The second-order valence-corrected chi connectivity index (χ2v) is 7.63. The average Bonchev–Trinajstić information content (AvgIpc) is 2.94. The van der Waals surface area contributed by atoms with Gasteiger partial charge in [-0.15, -0.1) is 11.3 Å². The molecule has 7 heteroatoms. The van der Waals surface area contributed by atoms with E-state index in [1.54, 1.807) is 0 Å². The summed E-state index contributed by atoms with van der Waals surface area (Å²) >= 11 is 13.0. The number of rotatable bonds is 3. The van der Waals surface area contributed by atoms with Crippen LogP contribution in [0.25, 0.3) is 10.1 Å². The molecule has 0 aliphatic heterocycles. The quantitative estimate of drug-likeness (QED) is 0.429. The van der Waals surface area contributed by atoms with Crippen molar-refractivity contribution in [2.75, 3.05) is 17.7 Å². The van der Waals surface area contributed by atoms with Gasteiger partial charge >= 0.3 is 5.97 Å². The van der Waals surface area contributed by atoms with Crippen molar-refractivity contribution in [1.82, 2.24) is 0 Å². The average molecular weight is 405 g/mol. The molecule has 134 valence electrons. The van der Waals surface area contributed by atoms with Crippen LogP contribution >= 0.6 is 35.2 Å². The fourth-order valence-corrected chi connectivity index (χ4v) is 4.34. The molecule has 26 heavy (non-hydrogen) atoms. The number of thiocarbonyl (C=S) groups is 1. The van der Waals surface area contributed by atoms with Crippen LogP contribution in [0.4, 0.5) is 11.4 Å². The van der Waals surface area contributed by atoms with Crippen LogP contribution in [-0.4, -0.2) is 18.2 Å². The molecule has 0 amide bonds. The van der Waals surface area contributed by atoms with E-state index >= 15 is 0 Å². The Morgan fingerprint density at radius 3 is 2.50 bits per heavy atom. The number of carbonyl (C=O) groups excluding carboxylic acids is 1. The number of aryl methyl sites for hydroxylation is 2. The molecule has 0 unspecified atom stereocenters. The molecule has 2 N–H and O–H groups in total. The van der Waals surface area contributed by atoms with Gasteiger partial charge in [0.1, 0.15) is 4.88 Å². The van der Waals surface area contributed by atoms with Crippen LogP contribution in [0.3, 0.4) is 0 Å². The molecule has 1 heterocycles. The molecule has 3 aromatic rings. The summed E-state index contributed by atoms with van der Waals surface area (Å²) in [5.41, 5.74) is 4.06. The van der Waals surface area contributed by atoms with Crippen molar-refractivity contribution in [3.8, 4) is 0 Å². The van der Waals surface area contributed by atoms with E-state index < -0.39 is 5.97 Å². The van der Waals surface area contributed by atoms with E-state index in [4.69, 9.17) is 28.6 Å². The molecule has 1 aromatic heterocycles. The van der Waals surface area contributed by atoms with Crippen molar-refractivity contribution < 1.29 is 9.53 Å². The van der Waals surface area contributed by atoms with Crippen LogP contribution in [-0.2, 0) is 4.74 Å². The Morgan fingerprint density at radius 2 is 1.85 bits per heavy atom. The Bertz CT molecular complexity index is 994. The van der Waals surface area contributed by atoms with E-state index in [1.165, 1.54) is 18.4 Å². The summed E-state index contributed by atoms with van der Waals surface area (Å²) in [6, 6.07) is 11.7. The lowest BCUT2D eigenvalue weighted by Crippen LogP contribution is -2.20. The summed E-state index contributed by atoms with van der Waals surface area (Å²) < 4.78 is 5.66. The van der Waals surface area contributed by atoms with Crippen LogP contribution in [0.1, 0.15) is 20.8 Å². The van der Waals surface area contributed by atoms with Gasteiger partial charge in [-0.2, -0.15) is 0 Å². The van der Waals surface area contributed by atoms with Gasteiger partial charge in [-0.3, -0.25) is 0 Å². The summed E-state index contributed by atoms with van der Waals surface area (Å²) in [5.74, 6) is -0.432. The SMILES string of the molecule is COC(=O)c1sc2cc(NC(=S)Nc3c(C)cccc3C)ccc2c1Cl. The molecule has 3 rings (SSSR count). The summed E-state index contributed by atoms with van der Waals surface area (Å²) in [7, 11) is 1.34. The first-order valence-corrected chi connectivity index (χ1v) is 9.45. The minimum atomic E-state index is -0.432. The number of para-hydroxylation sites is 1. The minimum Gasteiger partial charge on any atom is -0.465 e. The molecule has 0 aliphatic rings. The maximum atomic E-state index is 11.8. The summed E-state index contributed by atoms with van der Waals surface area (Å²) in [6.07, 6.45) is 0. The number of hydrogen-bond donors (Lipinski definition) is 2. The number of nitrogens with one attached hydrogen (secondary N) is 2. The van der Waals surface area contributed by atoms with Gasteiger partial charge in [0, 0.05) is 21.5 Å². The zero-order valence-corrected chi connectivity index (χ0v) is 16.9. The standard InChI is InChI=1S/C19H17ClN2O2S2/c1-10-5-4-6-11(2)16(10)22-19(25)21-12-7-8-13-14(9-12)26-17(15(13)20)18(23)24-3/h4-9H,1-3H3,(H2,21,22,25). The normalized spacial score (nSPS) is 10.6. The lowest BCUT2D eigenvalue weighted by atomic mass is 10.1. The zero-order chi connectivity index (χ0) is 18.8. The molecule has 2 aromatic carbocycles. The van der Waals surface area contributed by atoms with Gasteiger partial charge in [-0.05, 0) is 55.4 Å². The fourth-order valence-electron chi connectivity index (χ4n) is 2.65. The summed E-state index contributed by atoms with van der Waals surface area (Å²) in [4.78, 5) is 12.2. The Hall–Kier alpha value is -2.15. The third kappa shape index (κ3) is 3.67. The van der Waals surface area contributed by atoms with Crippen LogP contribution in [0.15, 0.2) is 36.4 Å². The zero-order valence-electron chi connectivity index (χ0n) is 14.5. The van der Waals surface area contributed by atoms with Crippen molar-refractivity contribution in [2.24, 2.45) is 0 Å². The fraction of sp³-hybridized carbons (Fsp3) is 0.158. The highest BCUT2D eigenvalue weighted by atomic mass is 35.5. The second-order valence-electron chi connectivity index (χ2n) is 5.79. The molecule has 0 atom stereocenters. The Labute approximate surface area is 166 Å². The molecule has 0 bridgehead atoms. The number of anilines is 2. The van der Waals surface area contributed by atoms with E-state index in [9.17, 15) is 4.79 Å². The number of halogens is 1. The molecule has 0 spiro atoms.